The number of aryl methyl sites for hydroxylation is 2. The summed E-state index contributed by atoms with van der Waals surface area (Å²) in [4.78, 5) is 0. The fourth-order valence-corrected chi connectivity index (χ4v) is 4.21. The zero-order valence-electron chi connectivity index (χ0n) is 16.8. The van der Waals surface area contributed by atoms with Crippen LogP contribution in [0.2, 0.25) is 0 Å². The van der Waals surface area contributed by atoms with Crippen molar-refractivity contribution in [3.63, 3.8) is 0 Å². The number of hydrogen-bond donors (Lipinski definition) is 0. The summed E-state index contributed by atoms with van der Waals surface area (Å²) in [5.41, 5.74) is 8.47. The molecule has 4 aromatic rings. The lowest BCUT2D eigenvalue weighted by atomic mass is 9.89. The third-order valence-corrected chi connectivity index (χ3v) is 5.18. The Hall–Kier alpha value is -2.60. The van der Waals surface area contributed by atoms with E-state index in [-0.39, 0.29) is 0 Å². The molecule has 132 valence electrons. The van der Waals surface area contributed by atoms with Gasteiger partial charge in [-0.3, -0.25) is 0 Å². The molecule has 0 nitrogen and oxygen atoms in total. The lowest BCUT2D eigenvalue weighted by Gasteiger charge is -2.14. The summed E-state index contributed by atoms with van der Waals surface area (Å²) in [6.07, 6.45) is 0. The van der Waals surface area contributed by atoms with E-state index < -0.39 is 0 Å². The summed E-state index contributed by atoms with van der Waals surface area (Å²) in [5, 5.41) is 5.52. The van der Waals surface area contributed by atoms with Gasteiger partial charge in [-0.25, -0.2) is 0 Å². The molecule has 0 aliphatic heterocycles. The van der Waals surface area contributed by atoms with Crippen LogP contribution in [0.3, 0.4) is 0 Å². The summed E-state index contributed by atoms with van der Waals surface area (Å²) in [6.45, 7) is 12.5. The van der Waals surface area contributed by atoms with Gasteiger partial charge in [-0.15, -0.1) is 0 Å². The molecule has 1 aliphatic rings. The van der Waals surface area contributed by atoms with Gasteiger partial charge in [-0.1, -0.05) is 88.4 Å². The van der Waals surface area contributed by atoms with E-state index in [1.54, 1.807) is 0 Å². The molecule has 4 aromatic carbocycles. The minimum Gasteiger partial charge on any atom is -0.0683 e. The van der Waals surface area contributed by atoms with Crippen LogP contribution in [0.5, 0.6) is 0 Å². The molecule has 0 unspecified atom stereocenters. The summed E-state index contributed by atoms with van der Waals surface area (Å²) >= 11 is 0. The van der Waals surface area contributed by atoms with E-state index in [0.29, 0.717) is 0 Å². The van der Waals surface area contributed by atoms with Crippen molar-refractivity contribution in [2.24, 2.45) is 0 Å². The molecule has 0 saturated carbocycles. The second-order valence-electron chi connectivity index (χ2n) is 6.25. The average molecular weight is 341 g/mol. The van der Waals surface area contributed by atoms with Crippen molar-refractivity contribution in [1.29, 1.82) is 0 Å². The van der Waals surface area contributed by atoms with Gasteiger partial charge in [0.05, 0.1) is 0 Å². The second-order valence-corrected chi connectivity index (χ2v) is 6.25. The molecule has 26 heavy (non-hydrogen) atoms. The van der Waals surface area contributed by atoms with Crippen molar-refractivity contribution >= 4 is 21.5 Å². The fourth-order valence-electron chi connectivity index (χ4n) is 4.21. The van der Waals surface area contributed by atoms with Crippen LogP contribution in [0.1, 0.15) is 38.8 Å². The Balaban J connectivity index is 0.000000461. The fraction of sp³-hybridized carbons (Fsp3) is 0.231. The molecule has 1 aliphatic carbocycles. The molecule has 0 fully saturated rings. The average Bonchev–Trinajstić information content (AvgIpc) is 3.06. The van der Waals surface area contributed by atoms with Crippen LogP contribution in [0.25, 0.3) is 43.8 Å². The SMILES string of the molecule is CC.CC.Cc1c2c(c(C)c3ccccc13)-c1cccc3cccc-2c13. The van der Waals surface area contributed by atoms with Crippen LogP contribution in [-0.2, 0) is 0 Å². The highest BCUT2D eigenvalue weighted by Crippen LogP contribution is 2.51. The normalized spacial score (nSPS) is 10.7. The van der Waals surface area contributed by atoms with Crippen LogP contribution in [-0.4, -0.2) is 0 Å². The zero-order chi connectivity index (χ0) is 18.8. The third-order valence-electron chi connectivity index (χ3n) is 5.18. The largest absolute Gasteiger partial charge is 0.0683 e. The van der Waals surface area contributed by atoms with Crippen molar-refractivity contribution in [3.05, 3.63) is 71.8 Å². The summed E-state index contributed by atoms with van der Waals surface area (Å²) < 4.78 is 0. The molecule has 0 heterocycles. The minimum absolute atomic E-state index is 1.34. The van der Waals surface area contributed by atoms with Crippen molar-refractivity contribution in [2.45, 2.75) is 41.5 Å². The Morgan fingerprint density at radius 2 is 0.923 bits per heavy atom. The van der Waals surface area contributed by atoms with Crippen LogP contribution in [0.4, 0.5) is 0 Å². The molecule has 0 heteroatoms. The Bertz CT molecular complexity index is 1000. The van der Waals surface area contributed by atoms with E-state index in [4.69, 9.17) is 0 Å². The molecule has 0 atom stereocenters. The van der Waals surface area contributed by atoms with E-state index in [2.05, 4.69) is 74.5 Å². The Labute approximate surface area is 157 Å². The van der Waals surface area contributed by atoms with Gasteiger partial charge < -0.3 is 0 Å². The van der Waals surface area contributed by atoms with Crippen LogP contribution >= 0.6 is 0 Å². The monoisotopic (exact) mass is 340 g/mol. The van der Waals surface area contributed by atoms with E-state index in [1.807, 2.05) is 27.7 Å². The van der Waals surface area contributed by atoms with Gasteiger partial charge in [-0.05, 0) is 68.8 Å². The maximum Gasteiger partial charge on any atom is -0.00262 e. The Morgan fingerprint density at radius 1 is 0.500 bits per heavy atom. The molecule has 5 rings (SSSR count). The summed E-state index contributed by atoms with van der Waals surface area (Å²) in [6, 6.07) is 22.1. The highest BCUT2D eigenvalue weighted by atomic mass is 14.3. The van der Waals surface area contributed by atoms with E-state index >= 15 is 0 Å². The van der Waals surface area contributed by atoms with Gasteiger partial charge in [0.25, 0.3) is 0 Å². The highest BCUT2D eigenvalue weighted by molar-refractivity contribution is 6.19. The molecule has 0 spiro atoms. The third kappa shape index (κ3) is 2.44. The smallest absolute Gasteiger partial charge is 0.00262 e. The summed E-state index contributed by atoms with van der Waals surface area (Å²) in [7, 11) is 0. The van der Waals surface area contributed by atoms with Gasteiger partial charge in [0.1, 0.15) is 0 Å². The van der Waals surface area contributed by atoms with Crippen molar-refractivity contribution in [2.75, 3.05) is 0 Å². The van der Waals surface area contributed by atoms with Crippen molar-refractivity contribution in [3.8, 4) is 22.3 Å². The molecule has 0 radical (unpaired) electrons. The summed E-state index contributed by atoms with van der Waals surface area (Å²) in [5.74, 6) is 0. The zero-order valence-corrected chi connectivity index (χ0v) is 16.8. The predicted molar refractivity (Wildman–Crippen MR) is 118 cm³/mol. The maximum absolute atomic E-state index is 2.28. The van der Waals surface area contributed by atoms with E-state index in [9.17, 15) is 0 Å². The Morgan fingerprint density at radius 3 is 1.35 bits per heavy atom. The first-order valence-electron chi connectivity index (χ1n) is 9.82. The Kier molecular flexibility index (Phi) is 5.13. The van der Waals surface area contributed by atoms with Gasteiger partial charge >= 0.3 is 0 Å². The van der Waals surface area contributed by atoms with Gasteiger partial charge in [-0.2, -0.15) is 0 Å². The molecule has 0 amide bonds. The first-order valence-corrected chi connectivity index (χ1v) is 9.82. The topological polar surface area (TPSA) is 0 Å². The molecule has 0 saturated heterocycles. The van der Waals surface area contributed by atoms with Gasteiger partial charge in [0, 0.05) is 0 Å². The maximum atomic E-state index is 2.28. The number of benzene rings is 4. The van der Waals surface area contributed by atoms with Crippen LogP contribution in [0, 0.1) is 13.8 Å². The standard InChI is InChI=1S/C22H16.2C2H6/c1-13-16-9-3-4-10-17(16)14(2)21-19-12-6-8-15-7-5-11-18(20(13)21)22(15)19;2*1-2/h3-12H,1-2H3;2*1-2H3. The van der Waals surface area contributed by atoms with Gasteiger partial charge in [0.2, 0.25) is 0 Å². The lowest BCUT2D eigenvalue weighted by Crippen LogP contribution is -1.90. The van der Waals surface area contributed by atoms with Crippen molar-refractivity contribution < 1.29 is 0 Å². The van der Waals surface area contributed by atoms with Crippen LogP contribution in [0.15, 0.2) is 60.7 Å². The van der Waals surface area contributed by atoms with Gasteiger partial charge in [0.15, 0.2) is 0 Å². The van der Waals surface area contributed by atoms with Crippen molar-refractivity contribution in [1.82, 2.24) is 0 Å². The predicted octanol–water partition coefficient (Wildman–Crippen LogP) is 8.31. The number of hydrogen-bond acceptors (Lipinski definition) is 0. The lowest BCUT2D eigenvalue weighted by molar-refractivity contribution is 1.47. The second kappa shape index (κ2) is 7.33. The molecule has 0 N–H and O–H groups in total. The van der Waals surface area contributed by atoms with E-state index in [0.717, 1.165) is 0 Å². The number of fused-ring (bicyclic) bond motifs is 4. The highest BCUT2D eigenvalue weighted by Gasteiger charge is 2.25. The van der Waals surface area contributed by atoms with Crippen LogP contribution < -0.4 is 0 Å². The first-order chi connectivity index (χ1) is 12.8. The van der Waals surface area contributed by atoms with E-state index in [1.165, 1.54) is 54.9 Å². The quantitative estimate of drug-likeness (QED) is 0.266. The molecule has 0 bridgehead atoms. The number of rotatable bonds is 0. The first kappa shape index (κ1) is 18.2. The molecule has 0 aromatic heterocycles. The molecular weight excluding hydrogens is 312 g/mol. The molecular formula is C26H28. The minimum atomic E-state index is 1.34.